The maximum Gasteiger partial charge on any atom is 0.418 e. The fourth-order valence-corrected chi connectivity index (χ4v) is 2.69. The molecule has 9 heteroatoms. The van der Waals surface area contributed by atoms with Crippen LogP contribution in [-0.2, 0) is 10.9 Å². The van der Waals surface area contributed by atoms with E-state index in [1.807, 2.05) is 0 Å². The average Bonchev–Trinajstić information content (AvgIpc) is 2.59. The van der Waals surface area contributed by atoms with E-state index in [1.54, 1.807) is 4.90 Å². The Labute approximate surface area is 143 Å². The van der Waals surface area contributed by atoms with E-state index in [9.17, 15) is 22.8 Å². The number of urea groups is 1. The lowest BCUT2D eigenvalue weighted by molar-refractivity contribution is -0.136. The molecule has 25 heavy (non-hydrogen) atoms. The highest BCUT2D eigenvalue weighted by Gasteiger charge is 2.33. The van der Waals surface area contributed by atoms with Gasteiger partial charge in [-0.25, -0.2) is 9.59 Å². The van der Waals surface area contributed by atoms with Gasteiger partial charge >= 0.3 is 18.3 Å². The van der Waals surface area contributed by atoms with E-state index in [4.69, 9.17) is 0 Å². The van der Waals surface area contributed by atoms with Crippen LogP contribution in [0.15, 0.2) is 24.3 Å². The van der Waals surface area contributed by atoms with Gasteiger partial charge in [-0.3, -0.25) is 0 Å². The van der Waals surface area contributed by atoms with Crippen molar-refractivity contribution in [2.45, 2.75) is 19.0 Å². The van der Waals surface area contributed by atoms with Crippen molar-refractivity contribution in [1.82, 2.24) is 10.2 Å². The van der Waals surface area contributed by atoms with Gasteiger partial charge in [-0.05, 0) is 30.9 Å². The van der Waals surface area contributed by atoms with Gasteiger partial charge in [-0.2, -0.15) is 13.2 Å². The molecule has 0 bridgehead atoms. The molecule has 1 fully saturated rings. The minimum atomic E-state index is -4.54. The minimum Gasteiger partial charge on any atom is -0.453 e. The van der Waals surface area contributed by atoms with Gasteiger partial charge in [0.15, 0.2) is 0 Å². The molecule has 1 aliphatic rings. The lowest BCUT2D eigenvalue weighted by Gasteiger charge is -2.30. The number of methoxy groups -OCH3 is 1. The van der Waals surface area contributed by atoms with Gasteiger partial charge in [0.1, 0.15) is 0 Å². The van der Waals surface area contributed by atoms with E-state index in [-0.39, 0.29) is 17.7 Å². The number of piperidine rings is 1. The molecule has 138 valence electrons. The van der Waals surface area contributed by atoms with Gasteiger partial charge in [0, 0.05) is 19.6 Å². The molecule has 0 spiro atoms. The summed E-state index contributed by atoms with van der Waals surface area (Å²) in [7, 11) is 1.32. The third-order valence-electron chi connectivity index (χ3n) is 4.08. The molecule has 0 saturated carbocycles. The Morgan fingerprint density at radius 2 is 1.88 bits per heavy atom. The van der Waals surface area contributed by atoms with Crippen LogP contribution in [0.5, 0.6) is 0 Å². The molecule has 0 aliphatic carbocycles. The fourth-order valence-electron chi connectivity index (χ4n) is 2.69. The second-order valence-corrected chi connectivity index (χ2v) is 5.78. The first-order chi connectivity index (χ1) is 11.8. The second-order valence-electron chi connectivity index (χ2n) is 5.78. The highest BCUT2D eigenvalue weighted by molar-refractivity contribution is 5.90. The van der Waals surface area contributed by atoms with Gasteiger partial charge in [-0.15, -0.1) is 0 Å². The number of nitrogens with one attached hydrogen (secondary N) is 2. The molecule has 2 N–H and O–H groups in total. The Morgan fingerprint density at radius 3 is 2.48 bits per heavy atom. The van der Waals surface area contributed by atoms with Crippen molar-refractivity contribution in [1.29, 1.82) is 0 Å². The first-order valence-corrected chi connectivity index (χ1v) is 7.85. The highest BCUT2D eigenvalue weighted by atomic mass is 19.4. The van der Waals surface area contributed by atoms with Crippen molar-refractivity contribution in [3.05, 3.63) is 29.8 Å². The summed E-state index contributed by atoms with van der Waals surface area (Å²) in [6, 6.07) is 4.12. The van der Waals surface area contributed by atoms with Crippen LogP contribution in [0.4, 0.5) is 28.4 Å². The lowest BCUT2D eigenvalue weighted by atomic mass is 9.97. The molecule has 2 rings (SSSR count). The zero-order chi connectivity index (χ0) is 18.4. The molecule has 1 aromatic rings. The largest absolute Gasteiger partial charge is 0.453 e. The van der Waals surface area contributed by atoms with Gasteiger partial charge in [-0.1, -0.05) is 12.1 Å². The average molecular weight is 359 g/mol. The third-order valence-corrected chi connectivity index (χ3v) is 4.08. The van der Waals surface area contributed by atoms with Crippen molar-refractivity contribution >= 4 is 17.8 Å². The summed E-state index contributed by atoms with van der Waals surface area (Å²) in [6.07, 6.45) is -3.54. The number of anilines is 1. The summed E-state index contributed by atoms with van der Waals surface area (Å²) in [5.41, 5.74) is -1.18. The number of rotatable bonds is 3. The van der Waals surface area contributed by atoms with Crippen LogP contribution in [0.3, 0.4) is 0 Å². The summed E-state index contributed by atoms with van der Waals surface area (Å²) in [5, 5.41) is 4.82. The van der Waals surface area contributed by atoms with Crippen LogP contribution >= 0.6 is 0 Å². The molecule has 1 aromatic carbocycles. The van der Waals surface area contributed by atoms with Crippen molar-refractivity contribution < 1.29 is 27.5 Å². The summed E-state index contributed by atoms with van der Waals surface area (Å²) < 4.78 is 43.3. The SMILES string of the molecule is COC(=O)N1CCC(CNC(=O)Nc2ccccc2C(F)(F)F)CC1. The number of para-hydroxylation sites is 1. The molecule has 3 amide bonds. The maximum atomic E-state index is 12.9. The van der Waals surface area contributed by atoms with Crippen LogP contribution in [0.1, 0.15) is 18.4 Å². The van der Waals surface area contributed by atoms with Crippen LogP contribution < -0.4 is 10.6 Å². The predicted molar refractivity (Wildman–Crippen MR) is 85.2 cm³/mol. The minimum absolute atomic E-state index is 0.157. The van der Waals surface area contributed by atoms with Crippen LogP contribution in [-0.4, -0.2) is 43.8 Å². The smallest absolute Gasteiger partial charge is 0.418 e. The van der Waals surface area contributed by atoms with Crippen LogP contribution in [0.2, 0.25) is 0 Å². The summed E-state index contributed by atoms with van der Waals surface area (Å²) in [6.45, 7) is 1.38. The quantitative estimate of drug-likeness (QED) is 0.870. The number of halogens is 3. The standard InChI is InChI=1S/C16H20F3N3O3/c1-25-15(24)22-8-6-11(7-9-22)10-20-14(23)21-13-5-3-2-4-12(13)16(17,18)19/h2-5,11H,6-10H2,1H3,(H2,20,21,23). The number of carbonyl (C=O) groups excluding carboxylic acids is 2. The van der Waals surface area contributed by atoms with E-state index >= 15 is 0 Å². The van der Waals surface area contributed by atoms with Crippen LogP contribution in [0.25, 0.3) is 0 Å². The van der Waals surface area contributed by atoms with Crippen LogP contribution in [0, 0.1) is 5.92 Å². The molecular weight excluding hydrogens is 339 g/mol. The number of ether oxygens (including phenoxy) is 1. The molecule has 0 atom stereocenters. The Kier molecular flexibility index (Phi) is 6.11. The first kappa shape index (κ1) is 18.9. The molecule has 6 nitrogen and oxygen atoms in total. The molecule has 0 unspecified atom stereocenters. The number of carbonyl (C=O) groups is 2. The van der Waals surface area contributed by atoms with Gasteiger partial charge in [0.25, 0.3) is 0 Å². The maximum absolute atomic E-state index is 12.9. The van der Waals surface area contributed by atoms with E-state index in [2.05, 4.69) is 15.4 Å². The van der Waals surface area contributed by atoms with Gasteiger partial charge in [0.2, 0.25) is 0 Å². The molecule has 0 aromatic heterocycles. The summed E-state index contributed by atoms with van der Waals surface area (Å²) in [4.78, 5) is 24.8. The van der Waals surface area contributed by atoms with Crippen molar-refractivity contribution in [2.75, 3.05) is 32.1 Å². The summed E-state index contributed by atoms with van der Waals surface area (Å²) >= 11 is 0. The van der Waals surface area contributed by atoms with E-state index in [1.165, 1.54) is 25.3 Å². The fraction of sp³-hybridized carbons (Fsp3) is 0.500. The zero-order valence-corrected chi connectivity index (χ0v) is 13.7. The number of hydrogen-bond acceptors (Lipinski definition) is 3. The van der Waals surface area contributed by atoms with Crippen molar-refractivity contribution in [3.8, 4) is 0 Å². The van der Waals surface area contributed by atoms with E-state index in [0.29, 0.717) is 32.5 Å². The number of nitrogens with zero attached hydrogens (tertiary/aromatic N) is 1. The van der Waals surface area contributed by atoms with Gasteiger partial charge in [0.05, 0.1) is 18.4 Å². The van der Waals surface area contributed by atoms with Gasteiger partial charge < -0.3 is 20.3 Å². The number of alkyl halides is 3. The number of hydrogen-bond donors (Lipinski definition) is 2. The Morgan fingerprint density at radius 1 is 1.24 bits per heavy atom. The molecular formula is C16H20F3N3O3. The molecule has 1 aliphatic heterocycles. The normalized spacial score (nSPS) is 15.6. The molecule has 0 radical (unpaired) electrons. The second kappa shape index (κ2) is 8.09. The first-order valence-electron chi connectivity index (χ1n) is 7.85. The Bertz CT molecular complexity index is 614. The zero-order valence-electron chi connectivity index (χ0n) is 13.7. The number of amides is 3. The molecule has 1 heterocycles. The lowest BCUT2D eigenvalue weighted by Crippen LogP contribution is -2.42. The van der Waals surface area contributed by atoms with Crippen molar-refractivity contribution in [3.63, 3.8) is 0 Å². The van der Waals surface area contributed by atoms with E-state index in [0.717, 1.165) is 6.07 Å². The predicted octanol–water partition coefficient (Wildman–Crippen LogP) is 3.31. The summed E-state index contributed by atoms with van der Waals surface area (Å²) in [5.74, 6) is 0.157. The third kappa shape index (κ3) is 5.27. The van der Waals surface area contributed by atoms with E-state index < -0.39 is 17.8 Å². The molecule has 1 saturated heterocycles. The Balaban J connectivity index is 1.82. The highest BCUT2D eigenvalue weighted by Crippen LogP contribution is 2.34. The van der Waals surface area contributed by atoms with Crippen molar-refractivity contribution in [2.24, 2.45) is 5.92 Å². The monoisotopic (exact) mass is 359 g/mol. The number of benzene rings is 1. The number of likely N-dealkylation sites (tertiary alicyclic amines) is 1. The topological polar surface area (TPSA) is 70.7 Å². The Hall–Kier alpha value is -2.45.